The first-order chi connectivity index (χ1) is 11.8. The van der Waals surface area contributed by atoms with Crippen molar-refractivity contribution in [2.45, 2.75) is 29.3 Å². The van der Waals surface area contributed by atoms with Crippen LogP contribution >= 0.6 is 11.3 Å². The molecule has 1 aliphatic rings. The van der Waals surface area contributed by atoms with Crippen LogP contribution in [0.5, 0.6) is 5.88 Å². The number of aromatic nitrogens is 1. The highest BCUT2D eigenvalue weighted by atomic mass is 32.2. The molecule has 0 spiro atoms. The van der Waals surface area contributed by atoms with E-state index in [0.29, 0.717) is 30.1 Å². The second-order valence-corrected chi connectivity index (χ2v) is 8.65. The Hall–Kier alpha value is -1.65. The minimum atomic E-state index is -4.44. The Morgan fingerprint density at radius 3 is 2.44 bits per heavy atom. The molecule has 1 aliphatic heterocycles. The summed E-state index contributed by atoms with van der Waals surface area (Å²) in [5, 5.41) is 1.71. The van der Waals surface area contributed by atoms with Crippen molar-refractivity contribution in [3.63, 3.8) is 0 Å². The van der Waals surface area contributed by atoms with Crippen molar-refractivity contribution < 1.29 is 26.3 Å². The molecule has 10 heteroatoms. The summed E-state index contributed by atoms with van der Waals surface area (Å²) >= 11 is 1.17. The molecule has 1 fully saturated rings. The van der Waals surface area contributed by atoms with Crippen molar-refractivity contribution in [2.75, 3.05) is 13.1 Å². The molecule has 2 aromatic rings. The number of nitrogens with zero attached hydrogens (tertiary/aromatic N) is 2. The molecule has 136 valence electrons. The largest absolute Gasteiger partial charge is 0.474 e. The van der Waals surface area contributed by atoms with Gasteiger partial charge in [0.15, 0.2) is 0 Å². The first-order valence-corrected chi connectivity index (χ1v) is 9.82. The van der Waals surface area contributed by atoms with Gasteiger partial charge in [-0.25, -0.2) is 13.4 Å². The van der Waals surface area contributed by atoms with Crippen LogP contribution in [-0.2, 0) is 16.2 Å². The fourth-order valence-electron chi connectivity index (χ4n) is 2.52. The van der Waals surface area contributed by atoms with Crippen LogP contribution in [0.15, 0.2) is 40.1 Å². The SMILES string of the molecule is O=S(=O)(c1cccs1)N1CCC(Oc2ccc(C(F)(F)F)cn2)CC1. The van der Waals surface area contributed by atoms with E-state index in [1.165, 1.54) is 21.7 Å². The smallest absolute Gasteiger partial charge is 0.417 e. The third-order valence-electron chi connectivity index (χ3n) is 3.84. The highest BCUT2D eigenvalue weighted by molar-refractivity contribution is 7.91. The number of alkyl halides is 3. The molecule has 0 aromatic carbocycles. The van der Waals surface area contributed by atoms with Crippen LogP contribution in [0.3, 0.4) is 0 Å². The number of ether oxygens (including phenoxy) is 1. The standard InChI is InChI=1S/C15H15F3N2O3S2/c16-15(17,18)11-3-4-13(19-10-11)23-12-5-7-20(8-6-12)25(21,22)14-2-1-9-24-14/h1-4,9-10,12H,5-8H2. The van der Waals surface area contributed by atoms with Gasteiger partial charge in [0, 0.05) is 25.4 Å². The van der Waals surface area contributed by atoms with Crippen molar-refractivity contribution in [3.8, 4) is 5.88 Å². The lowest BCUT2D eigenvalue weighted by atomic mass is 10.1. The van der Waals surface area contributed by atoms with Crippen molar-refractivity contribution in [1.29, 1.82) is 0 Å². The second kappa shape index (κ2) is 6.93. The molecule has 0 amide bonds. The summed E-state index contributed by atoms with van der Waals surface area (Å²) in [6, 6.07) is 5.34. The summed E-state index contributed by atoms with van der Waals surface area (Å²) in [5.74, 6) is 0.104. The molecule has 0 unspecified atom stereocenters. The van der Waals surface area contributed by atoms with Gasteiger partial charge in [0.05, 0.1) is 5.56 Å². The summed E-state index contributed by atoms with van der Waals surface area (Å²) < 4.78 is 69.6. The topological polar surface area (TPSA) is 59.5 Å². The average molecular weight is 392 g/mol. The van der Waals surface area contributed by atoms with E-state index in [-0.39, 0.29) is 12.0 Å². The quantitative estimate of drug-likeness (QED) is 0.800. The van der Waals surface area contributed by atoms with Gasteiger partial charge in [0.1, 0.15) is 10.3 Å². The summed E-state index contributed by atoms with van der Waals surface area (Å²) in [5.41, 5.74) is -0.836. The van der Waals surface area contributed by atoms with Crippen LogP contribution in [0.2, 0.25) is 0 Å². The zero-order valence-electron chi connectivity index (χ0n) is 12.9. The van der Waals surface area contributed by atoms with E-state index in [0.717, 1.165) is 12.3 Å². The Balaban J connectivity index is 1.58. The maximum atomic E-state index is 12.5. The first-order valence-electron chi connectivity index (χ1n) is 7.50. The maximum Gasteiger partial charge on any atom is 0.417 e. The highest BCUT2D eigenvalue weighted by Crippen LogP contribution is 2.30. The molecule has 3 rings (SSSR count). The van der Waals surface area contributed by atoms with Gasteiger partial charge < -0.3 is 4.74 Å². The van der Waals surface area contributed by atoms with E-state index < -0.39 is 21.8 Å². The number of pyridine rings is 1. The van der Waals surface area contributed by atoms with E-state index in [9.17, 15) is 21.6 Å². The average Bonchev–Trinajstić information content (AvgIpc) is 3.10. The van der Waals surface area contributed by atoms with Gasteiger partial charge in [-0.2, -0.15) is 17.5 Å². The number of hydrogen-bond acceptors (Lipinski definition) is 5. The molecule has 0 atom stereocenters. The number of sulfonamides is 1. The number of halogens is 3. The molecule has 0 N–H and O–H groups in total. The molecule has 5 nitrogen and oxygen atoms in total. The molecule has 0 aliphatic carbocycles. The van der Waals surface area contributed by atoms with Crippen LogP contribution in [0.1, 0.15) is 18.4 Å². The summed E-state index contributed by atoms with van der Waals surface area (Å²) in [6.45, 7) is 0.594. The predicted octanol–water partition coefficient (Wildman–Crippen LogP) is 3.39. The minimum Gasteiger partial charge on any atom is -0.474 e. The van der Waals surface area contributed by atoms with Crippen LogP contribution in [0.25, 0.3) is 0 Å². The first kappa shape index (κ1) is 18.2. The predicted molar refractivity (Wildman–Crippen MR) is 86.0 cm³/mol. The molecule has 0 bridgehead atoms. The third kappa shape index (κ3) is 4.13. The normalized spacial score (nSPS) is 17.6. The van der Waals surface area contributed by atoms with E-state index >= 15 is 0 Å². The second-order valence-electron chi connectivity index (χ2n) is 5.54. The lowest BCUT2D eigenvalue weighted by Gasteiger charge is -2.30. The van der Waals surface area contributed by atoms with Gasteiger partial charge in [0.2, 0.25) is 5.88 Å². The van der Waals surface area contributed by atoms with E-state index in [4.69, 9.17) is 4.74 Å². The molecule has 0 saturated carbocycles. The van der Waals surface area contributed by atoms with Gasteiger partial charge >= 0.3 is 6.18 Å². The number of hydrogen-bond donors (Lipinski definition) is 0. The minimum absolute atomic E-state index is 0.104. The number of rotatable bonds is 4. The Kier molecular flexibility index (Phi) is 5.03. The van der Waals surface area contributed by atoms with E-state index in [1.807, 2.05) is 0 Å². The summed E-state index contributed by atoms with van der Waals surface area (Å²) in [4.78, 5) is 3.68. The van der Waals surface area contributed by atoms with Gasteiger partial charge in [-0.05, 0) is 30.4 Å². The summed E-state index contributed by atoms with van der Waals surface area (Å²) in [6.07, 6.45) is -3.08. The molecular formula is C15H15F3N2O3S2. The van der Waals surface area contributed by atoms with Crippen LogP contribution in [0.4, 0.5) is 13.2 Å². The molecule has 0 radical (unpaired) electrons. The van der Waals surface area contributed by atoms with Crippen LogP contribution < -0.4 is 4.74 Å². The fourth-order valence-corrected chi connectivity index (χ4v) is 5.13. The number of thiophene rings is 1. The molecule has 2 aromatic heterocycles. The van der Waals surface area contributed by atoms with Crippen LogP contribution in [-0.4, -0.2) is 36.9 Å². The van der Waals surface area contributed by atoms with Crippen molar-refractivity contribution in [3.05, 3.63) is 41.4 Å². The molecular weight excluding hydrogens is 377 g/mol. The van der Waals surface area contributed by atoms with Gasteiger partial charge in [0.25, 0.3) is 10.0 Å². The van der Waals surface area contributed by atoms with Crippen molar-refractivity contribution >= 4 is 21.4 Å². The summed E-state index contributed by atoms with van der Waals surface area (Å²) in [7, 11) is -3.48. The maximum absolute atomic E-state index is 12.5. The Morgan fingerprint density at radius 1 is 1.20 bits per heavy atom. The Labute approximate surface area is 147 Å². The van der Waals surface area contributed by atoms with Gasteiger partial charge in [-0.3, -0.25) is 0 Å². The monoisotopic (exact) mass is 392 g/mol. The zero-order valence-corrected chi connectivity index (χ0v) is 14.6. The molecule has 25 heavy (non-hydrogen) atoms. The lowest BCUT2D eigenvalue weighted by Crippen LogP contribution is -2.41. The van der Waals surface area contributed by atoms with E-state index in [1.54, 1.807) is 17.5 Å². The van der Waals surface area contributed by atoms with Crippen molar-refractivity contribution in [1.82, 2.24) is 9.29 Å². The molecule has 3 heterocycles. The van der Waals surface area contributed by atoms with Crippen LogP contribution in [0, 0.1) is 0 Å². The van der Waals surface area contributed by atoms with Gasteiger partial charge in [-0.1, -0.05) is 6.07 Å². The van der Waals surface area contributed by atoms with Crippen molar-refractivity contribution in [2.24, 2.45) is 0 Å². The third-order valence-corrected chi connectivity index (χ3v) is 7.11. The van der Waals surface area contributed by atoms with E-state index in [2.05, 4.69) is 4.98 Å². The molecule has 1 saturated heterocycles. The van der Waals surface area contributed by atoms with Gasteiger partial charge in [-0.15, -0.1) is 11.3 Å². The fraction of sp³-hybridized carbons (Fsp3) is 0.400. The lowest BCUT2D eigenvalue weighted by molar-refractivity contribution is -0.137. The Bertz CT molecular complexity index is 798. The highest BCUT2D eigenvalue weighted by Gasteiger charge is 2.32. The Morgan fingerprint density at radius 2 is 1.92 bits per heavy atom. The zero-order chi connectivity index (χ0) is 18.1. The number of piperidine rings is 1.